The fraction of sp³-hybridized carbons (Fsp3) is 0.500. The number of hydrogen-bond donors (Lipinski definition) is 1. The van der Waals surface area contributed by atoms with Crippen LogP contribution in [0.4, 0.5) is 11.4 Å². The molecular formula is C18H24N2O4. The largest absolute Gasteiger partial charge is 0.369 e. The van der Waals surface area contributed by atoms with Crippen LogP contribution in [0.25, 0.3) is 0 Å². The van der Waals surface area contributed by atoms with Gasteiger partial charge in [-0.1, -0.05) is 26.0 Å². The molecule has 1 fully saturated rings. The summed E-state index contributed by atoms with van der Waals surface area (Å²) in [5.41, 5.74) is 0.845. The van der Waals surface area contributed by atoms with Crippen LogP contribution >= 0.6 is 0 Å². The number of nitrogens with zero attached hydrogens (tertiary/aromatic N) is 1. The Morgan fingerprint density at radius 1 is 1.17 bits per heavy atom. The highest BCUT2D eigenvalue weighted by Crippen LogP contribution is 2.30. The van der Waals surface area contributed by atoms with E-state index in [1.54, 1.807) is 31.2 Å². The van der Waals surface area contributed by atoms with Crippen LogP contribution in [0.1, 0.15) is 40.0 Å². The number of ether oxygens (including phenoxy) is 1. The molecule has 0 bridgehead atoms. The molecule has 2 rings (SSSR count). The molecule has 1 atom stereocenters. The number of amides is 3. The molecule has 0 aliphatic carbocycles. The second-order valence-corrected chi connectivity index (χ2v) is 6.32. The first-order valence-electron chi connectivity index (χ1n) is 8.27. The monoisotopic (exact) mass is 332 g/mol. The van der Waals surface area contributed by atoms with Crippen LogP contribution in [-0.4, -0.2) is 30.4 Å². The van der Waals surface area contributed by atoms with E-state index in [0.717, 1.165) is 11.3 Å². The summed E-state index contributed by atoms with van der Waals surface area (Å²) in [6, 6.07) is 6.80. The van der Waals surface area contributed by atoms with Crippen LogP contribution in [0.3, 0.4) is 0 Å². The van der Waals surface area contributed by atoms with Gasteiger partial charge in [0, 0.05) is 19.4 Å². The Labute approximate surface area is 142 Å². The minimum atomic E-state index is -0.609. The van der Waals surface area contributed by atoms with Crippen molar-refractivity contribution in [2.24, 2.45) is 5.92 Å². The van der Waals surface area contributed by atoms with Gasteiger partial charge in [0.15, 0.2) is 0 Å². The number of para-hydroxylation sites is 2. The van der Waals surface area contributed by atoms with Crippen LogP contribution in [-0.2, 0) is 19.1 Å². The minimum absolute atomic E-state index is 0.204. The van der Waals surface area contributed by atoms with Gasteiger partial charge in [0.1, 0.15) is 6.10 Å². The molecule has 1 aliphatic heterocycles. The summed E-state index contributed by atoms with van der Waals surface area (Å²) in [7, 11) is 0. The molecule has 3 amide bonds. The molecule has 0 radical (unpaired) electrons. The van der Waals surface area contributed by atoms with E-state index in [2.05, 4.69) is 19.2 Å². The lowest BCUT2D eigenvalue weighted by molar-refractivity contribution is -0.126. The standard InChI is InChI=1S/C18H24N2O4/c1-12(2)10-11-24-13(3)18(23)19-14-6-4-5-7-15(14)20-16(21)8-9-17(20)22/h4-7,12-13H,8-11H2,1-3H3,(H,19,23). The highest BCUT2D eigenvalue weighted by molar-refractivity contribution is 6.21. The van der Waals surface area contributed by atoms with Crippen molar-refractivity contribution < 1.29 is 19.1 Å². The fourth-order valence-corrected chi connectivity index (χ4v) is 2.41. The second kappa shape index (κ2) is 8.06. The van der Waals surface area contributed by atoms with E-state index in [-0.39, 0.29) is 30.6 Å². The lowest BCUT2D eigenvalue weighted by Crippen LogP contribution is -2.32. The number of anilines is 2. The third kappa shape index (κ3) is 4.41. The third-order valence-electron chi connectivity index (χ3n) is 3.89. The predicted octanol–water partition coefficient (Wildman–Crippen LogP) is 2.73. The zero-order valence-corrected chi connectivity index (χ0v) is 14.4. The molecular weight excluding hydrogens is 308 g/mol. The van der Waals surface area contributed by atoms with E-state index in [1.807, 2.05) is 0 Å². The van der Waals surface area contributed by atoms with Crippen molar-refractivity contribution >= 4 is 29.1 Å². The van der Waals surface area contributed by atoms with Crippen molar-refractivity contribution in [3.8, 4) is 0 Å². The Kier molecular flexibility index (Phi) is 6.09. The molecule has 1 N–H and O–H groups in total. The first-order chi connectivity index (χ1) is 11.4. The Hall–Kier alpha value is -2.21. The SMILES string of the molecule is CC(C)CCOC(C)C(=O)Nc1ccccc1N1C(=O)CCC1=O. The molecule has 1 unspecified atom stereocenters. The van der Waals surface area contributed by atoms with E-state index >= 15 is 0 Å². The molecule has 6 nitrogen and oxygen atoms in total. The first kappa shape index (κ1) is 18.1. The summed E-state index contributed by atoms with van der Waals surface area (Å²) in [6.45, 7) is 6.38. The highest BCUT2D eigenvalue weighted by atomic mass is 16.5. The molecule has 1 aromatic carbocycles. The Morgan fingerprint density at radius 2 is 1.79 bits per heavy atom. The molecule has 1 aliphatic rings. The summed E-state index contributed by atoms with van der Waals surface area (Å²) in [5.74, 6) is -0.288. The van der Waals surface area contributed by atoms with Crippen LogP contribution in [0.15, 0.2) is 24.3 Å². The van der Waals surface area contributed by atoms with Gasteiger partial charge in [-0.15, -0.1) is 0 Å². The van der Waals surface area contributed by atoms with Crippen molar-refractivity contribution in [3.05, 3.63) is 24.3 Å². The van der Waals surface area contributed by atoms with E-state index in [0.29, 0.717) is 23.9 Å². The van der Waals surface area contributed by atoms with E-state index in [1.165, 1.54) is 0 Å². The molecule has 0 spiro atoms. The number of hydrogen-bond acceptors (Lipinski definition) is 4. The van der Waals surface area contributed by atoms with Crippen molar-refractivity contribution in [1.82, 2.24) is 0 Å². The topological polar surface area (TPSA) is 75.7 Å². The Bertz CT molecular complexity index is 611. The van der Waals surface area contributed by atoms with Gasteiger partial charge < -0.3 is 10.1 Å². The van der Waals surface area contributed by atoms with Gasteiger partial charge >= 0.3 is 0 Å². The number of benzene rings is 1. The summed E-state index contributed by atoms with van der Waals surface area (Å²) < 4.78 is 5.53. The van der Waals surface area contributed by atoms with E-state index in [9.17, 15) is 14.4 Å². The molecule has 0 aromatic heterocycles. The normalized spacial score (nSPS) is 15.9. The summed E-state index contributed by atoms with van der Waals surface area (Å²) >= 11 is 0. The molecule has 24 heavy (non-hydrogen) atoms. The van der Waals surface area contributed by atoms with Crippen molar-refractivity contribution in [2.75, 3.05) is 16.8 Å². The summed E-state index contributed by atoms with van der Waals surface area (Å²) in [4.78, 5) is 37.3. The van der Waals surface area contributed by atoms with Gasteiger partial charge in [-0.3, -0.25) is 14.4 Å². The maximum absolute atomic E-state index is 12.3. The molecule has 6 heteroatoms. The average Bonchev–Trinajstić information content (AvgIpc) is 2.86. The number of nitrogens with one attached hydrogen (secondary N) is 1. The minimum Gasteiger partial charge on any atom is -0.369 e. The predicted molar refractivity (Wildman–Crippen MR) is 91.7 cm³/mol. The van der Waals surface area contributed by atoms with Crippen LogP contribution in [0.2, 0.25) is 0 Å². The Balaban J connectivity index is 2.06. The van der Waals surface area contributed by atoms with Crippen molar-refractivity contribution in [3.63, 3.8) is 0 Å². The molecule has 1 aromatic rings. The molecule has 130 valence electrons. The van der Waals surface area contributed by atoms with Crippen molar-refractivity contribution in [2.45, 2.75) is 46.1 Å². The maximum Gasteiger partial charge on any atom is 0.253 e. The zero-order chi connectivity index (χ0) is 17.7. The smallest absolute Gasteiger partial charge is 0.253 e. The van der Waals surface area contributed by atoms with E-state index in [4.69, 9.17) is 4.74 Å². The number of carbonyl (C=O) groups excluding carboxylic acids is 3. The van der Waals surface area contributed by atoms with Crippen molar-refractivity contribution in [1.29, 1.82) is 0 Å². The van der Waals surface area contributed by atoms with Crippen LogP contribution in [0, 0.1) is 5.92 Å². The lowest BCUT2D eigenvalue weighted by Gasteiger charge is -2.20. The summed E-state index contributed by atoms with van der Waals surface area (Å²) in [5, 5.41) is 2.76. The second-order valence-electron chi connectivity index (χ2n) is 6.32. The van der Waals surface area contributed by atoms with Gasteiger partial charge in [0.25, 0.3) is 5.91 Å². The van der Waals surface area contributed by atoms with Gasteiger partial charge in [-0.2, -0.15) is 0 Å². The quantitative estimate of drug-likeness (QED) is 0.779. The fourth-order valence-electron chi connectivity index (χ4n) is 2.41. The maximum atomic E-state index is 12.3. The van der Waals surface area contributed by atoms with Gasteiger partial charge in [-0.05, 0) is 31.4 Å². The average molecular weight is 332 g/mol. The van der Waals surface area contributed by atoms with Gasteiger partial charge in [0.2, 0.25) is 11.8 Å². The number of rotatable bonds is 7. The van der Waals surface area contributed by atoms with Gasteiger partial charge in [0.05, 0.1) is 11.4 Å². The lowest BCUT2D eigenvalue weighted by atomic mass is 10.1. The number of carbonyl (C=O) groups is 3. The summed E-state index contributed by atoms with van der Waals surface area (Å²) in [6.07, 6.45) is 0.679. The molecule has 1 heterocycles. The highest BCUT2D eigenvalue weighted by Gasteiger charge is 2.32. The van der Waals surface area contributed by atoms with E-state index < -0.39 is 6.10 Å². The molecule has 0 saturated carbocycles. The first-order valence-corrected chi connectivity index (χ1v) is 8.27. The van der Waals surface area contributed by atoms with Gasteiger partial charge in [-0.25, -0.2) is 4.90 Å². The molecule has 1 saturated heterocycles. The third-order valence-corrected chi connectivity index (χ3v) is 3.89. The van der Waals surface area contributed by atoms with Crippen LogP contribution in [0.5, 0.6) is 0 Å². The zero-order valence-electron chi connectivity index (χ0n) is 14.4. The van der Waals surface area contributed by atoms with Crippen LogP contribution < -0.4 is 10.2 Å². The number of imide groups is 1. The Morgan fingerprint density at radius 3 is 2.42 bits per heavy atom.